The molecule has 4 rings (SSSR count). The van der Waals surface area contributed by atoms with E-state index in [1.54, 1.807) is 23.7 Å². The van der Waals surface area contributed by atoms with Crippen LogP contribution in [0.2, 0.25) is 0 Å². The van der Waals surface area contributed by atoms with E-state index in [0.29, 0.717) is 0 Å². The molecule has 5 nitrogen and oxygen atoms in total. The van der Waals surface area contributed by atoms with Gasteiger partial charge in [-0.05, 0) is 24.3 Å². The van der Waals surface area contributed by atoms with Crippen LogP contribution in [-0.4, -0.2) is 18.7 Å². The quantitative estimate of drug-likeness (QED) is 0.596. The number of rotatable bonds is 3. The Bertz CT molecular complexity index is 890. The van der Waals surface area contributed by atoms with Crippen molar-refractivity contribution in [3.63, 3.8) is 0 Å². The van der Waals surface area contributed by atoms with Crippen LogP contribution in [0, 0.1) is 0 Å². The third-order valence-electron chi connectivity index (χ3n) is 2.97. The molecule has 0 aliphatic heterocycles. The summed E-state index contributed by atoms with van der Waals surface area (Å²) in [7, 11) is 0. The van der Waals surface area contributed by atoms with Crippen LogP contribution in [0.25, 0.3) is 22.3 Å². The van der Waals surface area contributed by atoms with Gasteiger partial charge in [-0.2, -0.15) is 8.75 Å². The number of benzene rings is 1. The van der Waals surface area contributed by atoms with E-state index in [4.69, 9.17) is 0 Å². The minimum absolute atomic E-state index is 0. The predicted octanol–water partition coefficient (Wildman–Crippen LogP) is 4.38. The molecule has 22 heavy (non-hydrogen) atoms. The number of thiazole rings is 1. The first kappa shape index (κ1) is 14.8. The van der Waals surface area contributed by atoms with Crippen molar-refractivity contribution in [2.24, 2.45) is 0 Å². The van der Waals surface area contributed by atoms with Gasteiger partial charge in [0.25, 0.3) is 0 Å². The van der Waals surface area contributed by atoms with Crippen molar-refractivity contribution in [3.05, 3.63) is 48.1 Å². The fourth-order valence-electron chi connectivity index (χ4n) is 1.97. The van der Waals surface area contributed by atoms with Crippen LogP contribution >= 0.6 is 35.5 Å². The van der Waals surface area contributed by atoms with Gasteiger partial charge in [0.2, 0.25) is 0 Å². The molecule has 8 heteroatoms. The highest BCUT2D eigenvalue weighted by Gasteiger charge is 2.07. The number of aromatic nitrogens is 4. The molecular formula is C14H10ClN5S2. The van der Waals surface area contributed by atoms with Crippen molar-refractivity contribution in [1.29, 1.82) is 0 Å². The number of hydrogen-bond acceptors (Lipinski definition) is 7. The number of nitrogens with zero attached hydrogens (tertiary/aromatic N) is 4. The number of pyridine rings is 1. The molecule has 1 N–H and O–H groups in total. The first-order valence-electron chi connectivity index (χ1n) is 6.24. The van der Waals surface area contributed by atoms with Gasteiger partial charge in [0.15, 0.2) is 5.13 Å². The second-order valence-electron chi connectivity index (χ2n) is 4.37. The van der Waals surface area contributed by atoms with Gasteiger partial charge in [-0.15, -0.1) is 23.7 Å². The first-order valence-corrected chi connectivity index (χ1v) is 7.85. The summed E-state index contributed by atoms with van der Waals surface area (Å²) in [6.45, 7) is 0. The largest absolute Gasteiger partial charge is 0.330 e. The molecule has 0 amide bonds. The zero-order chi connectivity index (χ0) is 14.1. The lowest BCUT2D eigenvalue weighted by Crippen LogP contribution is -1.89. The second-order valence-corrected chi connectivity index (χ2v) is 5.76. The Kier molecular flexibility index (Phi) is 4.28. The summed E-state index contributed by atoms with van der Waals surface area (Å²) in [5, 5.41) is 6.11. The normalized spacial score (nSPS) is 10.4. The van der Waals surface area contributed by atoms with Crippen molar-refractivity contribution < 1.29 is 0 Å². The van der Waals surface area contributed by atoms with E-state index >= 15 is 0 Å². The summed E-state index contributed by atoms with van der Waals surface area (Å²) < 4.78 is 8.47. The van der Waals surface area contributed by atoms with Crippen molar-refractivity contribution in [2.45, 2.75) is 0 Å². The monoisotopic (exact) mass is 347 g/mol. The van der Waals surface area contributed by atoms with E-state index in [0.717, 1.165) is 33.1 Å². The summed E-state index contributed by atoms with van der Waals surface area (Å²) in [6, 6.07) is 9.86. The first-order chi connectivity index (χ1) is 10.4. The van der Waals surface area contributed by atoms with Crippen LogP contribution in [0.4, 0.5) is 10.8 Å². The van der Waals surface area contributed by atoms with Crippen molar-refractivity contribution >= 4 is 57.3 Å². The molecule has 0 saturated carbocycles. The lowest BCUT2D eigenvalue weighted by Gasteiger charge is -2.00. The van der Waals surface area contributed by atoms with E-state index in [9.17, 15) is 0 Å². The highest BCUT2D eigenvalue weighted by molar-refractivity contribution is 7.14. The zero-order valence-electron chi connectivity index (χ0n) is 11.1. The number of nitrogens with one attached hydrogen (secondary N) is 1. The van der Waals surface area contributed by atoms with Crippen molar-refractivity contribution in [3.8, 4) is 11.3 Å². The standard InChI is InChI=1S/C14H9N5S2.ClH/c1-2-10(7-15-5-1)16-14-17-13(8-20-14)9-3-4-11-12(6-9)19-21-18-11;/h1-8H,(H,16,17);1H. The molecular weight excluding hydrogens is 338 g/mol. The molecule has 0 aliphatic rings. The number of fused-ring (bicyclic) bond motifs is 1. The smallest absolute Gasteiger partial charge is 0.187 e. The molecule has 3 heterocycles. The molecule has 0 radical (unpaired) electrons. The van der Waals surface area contributed by atoms with Crippen LogP contribution in [0.3, 0.4) is 0 Å². The number of halogens is 1. The molecule has 0 spiro atoms. The Morgan fingerprint density at radius 2 is 1.95 bits per heavy atom. The number of hydrogen-bond donors (Lipinski definition) is 1. The predicted molar refractivity (Wildman–Crippen MR) is 93.3 cm³/mol. The average Bonchev–Trinajstić information content (AvgIpc) is 3.16. The molecule has 0 unspecified atom stereocenters. The summed E-state index contributed by atoms with van der Waals surface area (Å²) in [5.74, 6) is 0. The van der Waals surface area contributed by atoms with Gasteiger partial charge in [0.05, 0.1) is 29.3 Å². The SMILES string of the molecule is Cl.c1cncc(Nc2nc(-c3ccc4nsnc4c3)cs2)c1. The van der Waals surface area contributed by atoms with Gasteiger partial charge >= 0.3 is 0 Å². The Morgan fingerprint density at radius 3 is 2.82 bits per heavy atom. The van der Waals surface area contributed by atoms with Gasteiger partial charge in [-0.25, -0.2) is 4.98 Å². The lowest BCUT2D eigenvalue weighted by molar-refractivity contribution is 1.31. The van der Waals surface area contributed by atoms with Crippen LogP contribution < -0.4 is 5.32 Å². The lowest BCUT2D eigenvalue weighted by atomic mass is 10.1. The van der Waals surface area contributed by atoms with Crippen LogP contribution in [0.5, 0.6) is 0 Å². The molecule has 4 aromatic rings. The van der Waals surface area contributed by atoms with E-state index in [-0.39, 0.29) is 12.4 Å². The summed E-state index contributed by atoms with van der Waals surface area (Å²) >= 11 is 2.79. The average molecular weight is 348 g/mol. The van der Waals surface area contributed by atoms with Crippen LogP contribution in [-0.2, 0) is 0 Å². The molecule has 1 aromatic carbocycles. The minimum atomic E-state index is 0. The molecule has 0 saturated heterocycles. The fourth-order valence-corrected chi connectivity index (χ4v) is 3.22. The van der Waals surface area contributed by atoms with Crippen molar-refractivity contribution in [1.82, 2.24) is 18.7 Å². The van der Waals surface area contributed by atoms with E-state index in [2.05, 4.69) is 24.0 Å². The molecule has 0 atom stereocenters. The third-order valence-corrected chi connectivity index (χ3v) is 4.28. The maximum Gasteiger partial charge on any atom is 0.187 e. The summed E-state index contributed by atoms with van der Waals surface area (Å²) in [6.07, 6.45) is 3.52. The highest BCUT2D eigenvalue weighted by Crippen LogP contribution is 2.28. The van der Waals surface area contributed by atoms with Gasteiger partial charge < -0.3 is 5.32 Å². The fraction of sp³-hybridized carbons (Fsp3) is 0. The molecule has 0 bridgehead atoms. The van der Waals surface area contributed by atoms with Crippen LogP contribution in [0.1, 0.15) is 0 Å². The Labute approximate surface area is 140 Å². The highest BCUT2D eigenvalue weighted by atomic mass is 35.5. The third kappa shape index (κ3) is 2.92. The zero-order valence-corrected chi connectivity index (χ0v) is 13.6. The topological polar surface area (TPSA) is 63.6 Å². The van der Waals surface area contributed by atoms with Gasteiger partial charge in [-0.3, -0.25) is 4.98 Å². The van der Waals surface area contributed by atoms with Crippen molar-refractivity contribution in [2.75, 3.05) is 5.32 Å². The Hall–Kier alpha value is -2.09. The molecule has 0 fully saturated rings. The van der Waals surface area contributed by atoms with E-state index in [1.165, 1.54) is 11.7 Å². The number of anilines is 2. The van der Waals surface area contributed by atoms with E-state index < -0.39 is 0 Å². The van der Waals surface area contributed by atoms with Crippen LogP contribution in [0.15, 0.2) is 48.1 Å². The molecule has 3 aromatic heterocycles. The second kappa shape index (κ2) is 6.35. The Balaban J connectivity index is 0.00000144. The molecule has 0 aliphatic carbocycles. The molecule has 110 valence electrons. The minimum Gasteiger partial charge on any atom is -0.330 e. The Morgan fingerprint density at radius 1 is 1.05 bits per heavy atom. The van der Waals surface area contributed by atoms with Gasteiger partial charge in [0, 0.05) is 17.1 Å². The summed E-state index contributed by atoms with van der Waals surface area (Å²) in [5.41, 5.74) is 4.74. The van der Waals surface area contributed by atoms with Gasteiger partial charge in [-0.1, -0.05) is 6.07 Å². The van der Waals surface area contributed by atoms with Gasteiger partial charge in [0.1, 0.15) is 11.0 Å². The summed E-state index contributed by atoms with van der Waals surface area (Å²) in [4.78, 5) is 8.68. The maximum absolute atomic E-state index is 4.60. The maximum atomic E-state index is 4.60. The van der Waals surface area contributed by atoms with E-state index in [1.807, 2.05) is 35.7 Å².